The summed E-state index contributed by atoms with van der Waals surface area (Å²) in [6.45, 7) is 3.36. The minimum absolute atomic E-state index is 0.518. The van der Waals surface area contributed by atoms with Crippen LogP contribution < -0.4 is 0 Å². The van der Waals surface area contributed by atoms with Gasteiger partial charge in [-0.15, -0.1) is 0 Å². The Balaban J connectivity index is 1.96. The molecule has 0 saturated heterocycles. The van der Waals surface area contributed by atoms with E-state index in [1.165, 1.54) is 11.1 Å². The van der Waals surface area contributed by atoms with Crippen molar-refractivity contribution in [2.75, 3.05) is 13.6 Å². The van der Waals surface area contributed by atoms with Crippen molar-refractivity contribution in [3.8, 4) is 0 Å². The Morgan fingerprint density at radius 2 is 1.47 bits per heavy atom. The highest BCUT2D eigenvalue weighted by molar-refractivity contribution is 5.19. The normalized spacial score (nSPS) is 12.6. The fourth-order valence-electron chi connectivity index (χ4n) is 2.58. The summed E-state index contributed by atoms with van der Waals surface area (Å²) < 4.78 is 0. The van der Waals surface area contributed by atoms with E-state index in [-0.39, 0.29) is 0 Å². The van der Waals surface area contributed by atoms with Crippen molar-refractivity contribution in [2.24, 2.45) is 0 Å². The Kier molecular flexibility index (Phi) is 5.17. The molecule has 19 heavy (non-hydrogen) atoms. The topological polar surface area (TPSA) is 3.24 Å². The van der Waals surface area contributed by atoms with Crippen LogP contribution in [0.1, 0.15) is 30.5 Å². The summed E-state index contributed by atoms with van der Waals surface area (Å²) in [5.74, 6) is 0. The van der Waals surface area contributed by atoms with Crippen molar-refractivity contribution >= 4 is 0 Å². The lowest BCUT2D eigenvalue weighted by atomic mass is 10.0. The van der Waals surface area contributed by atoms with Crippen LogP contribution in [0.2, 0.25) is 0 Å². The maximum atomic E-state index is 2.46. The minimum atomic E-state index is 0.518. The number of hydrogen-bond donors (Lipinski definition) is 0. The van der Waals surface area contributed by atoms with Gasteiger partial charge in [0, 0.05) is 12.6 Å². The smallest absolute Gasteiger partial charge is 0.0342 e. The molecule has 0 saturated carbocycles. The summed E-state index contributed by atoms with van der Waals surface area (Å²) in [4.78, 5) is 2.46. The lowest BCUT2D eigenvalue weighted by molar-refractivity contribution is 0.241. The van der Waals surface area contributed by atoms with E-state index in [1.807, 2.05) is 0 Å². The van der Waals surface area contributed by atoms with Crippen molar-refractivity contribution in [1.29, 1.82) is 0 Å². The predicted octanol–water partition coefficient (Wildman–Crippen LogP) is 4.31. The van der Waals surface area contributed by atoms with Gasteiger partial charge < -0.3 is 0 Å². The molecule has 0 N–H and O–H groups in total. The summed E-state index contributed by atoms with van der Waals surface area (Å²) >= 11 is 0. The summed E-state index contributed by atoms with van der Waals surface area (Å²) in [5.41, 5.74) is 2.83. The summed E-state index contributed by atoms with van der Waals surface area (Å²) in [6, 6.07) is 22.0. The van der Waals surface area contributed by atoms with Crippen LogP contribution >= 0.6 is 0 Å². The van der Waals surface area contributed by atoms with Gasteiger partial charge in [-0.2, -0.15) is 0 Å². The Bertz CT molecular complexity index is 464. The molecule has 2 aromatic rings. The second-order valence-electron chi connectivity index (χ2n) is 5.05. The van der Waals surface area contributed by atoms with Gasteiger partial charge in [-0.25, -0.2) is 0 Å². The van der Waals surface area contributed by atoms with E-state index in [1.54, 1.807) is 0 Å². The molecule has 1 heteroatoms. The Morgan fingerprint density at radius 3 is 2.05 bits per heavy atom. The van der Waals surface area contributed by atoms with Crippen LogP contribution in [-0.2, 0) is 6.42 Å². The third-order valence-corrected chi connectivity index (χ3v) is 3.70. The molecule has 100 valence electrons. The highest BCUT2D eigenvalue weighted by atomic mass is 15.1. The van der Waals surface area contributed by atoms with Crippen molar-refractivity contribution in [2.45, 2.75) is 25.8 Å². The number of rotatable bonds is 6. The lowest BCUT2D eigenvalue weighted by Gasteiger charge is -2.27. The van der Waals surface area contributed by atoms with Crippen LogP contribution in [-0.4, -0.2) is 18.5 Å². The second kappa shape index (κ2) is 7.10. The third kappa shape index (κ3) is 3.93. The molecule has 2 rings (SSSR count). The van der Waals surface area contributed by atoms with Gasteiger partial charge in [0.05, 0.1) is 0 Å². The predicted molar refractivity (Wildman–Crippen MR) is 82.3 cm³/mol. The van der Waals surface area contributed by atoms with Gasteiger partial charge in [0.25, 0.3) is 0 Å². The van der Waals surface area contributed by atoms with E-state index in [2.05, 4.69) is 79.5 Å². The molecule has 1 atom stereocenters. The maximum Gasteiger partial charge on any atom is 0.0342 e. The van der Waals surface area contributed by atoms with Crippen molar-refractivity contribution in [3.63, 3.8) is 0 Å². The first kappa shape index (κ1) is 13.8. The molecule has 0 aliphatic rings. The minimum Gasteiger partial charge on any atom is -0.299 e. The largest absolute Gasteiger partial charge is 0.299 e. The van der Waals surface area contributed by atoms with Crippen LogP contribution in [0.25, 0.3) is 0 Å². The standard InChI is InChI=1S/C18H23N/c1-3-18(17-12-8-5-9-13-17)19(2)15-14-16-10-6-4-7-11-16/h4-13,18H,3,14-15H2,1-2H3. The van der Waals surface area contributed by atoms with E-state index in [0.29, 0.717) is 6.04 Å². The zero-order chi connectivity index (χ0) is 13.5. The summed E-state index contributed by atoms with van der Waals surface area (Å²) in [5, 5.41) is 0. The van der Waals surface area contributed by atoms with Gasteiger partial charge in [-0.3, -0.25) is 4.90 Å². The Labute approximate surface area is 116 Å². The van der Waals surface area contributed by atoms with E-state index in [4.69, 9.17) is 0 Å². The molecule has 1 unspecified atom stereocenters. The lowest BCUT2D eigenvalue weighted by Crippen LogP contribution is -2.26. The number of benzene rings is 2. The molecule has 0 radical (unpaired) electrons. The van der Waals surface area contributed by atoms with Crippen LogP contribution in [0.3, 0.4) is 0 Å². The van der Waals surface area contributed by atoms with E-state index >= 15 is 0 Å². The summed E-state index contributed by atoms with van der Waals surface area (Å²) in [7, 11) is 2.23. The van der Waals surface area contributed by atoms with Crippen LogP contribution in [0, 0.1) is 0 Å². The van der Waals surface area contributed by atoms with Crippen molar-refractivity contribution < 1.29 is 0 Å². The Hall–Kier alpha value is -1.60. The maximum absolute atomic E-state index is 2.46. The highest BCUT2D eigenvalue weighted by Gasteiger charge is 2.14. The molecule has 1 nitrogen and oxygen atoms in total. The van der Waals surface area contributed by atoms with Gasteiger partial charge in [0.15, 0.2) is 0 Å². The molecule has 0 aliphatic carbocycles. The van der Waals surface area contributed by atoms with Crippen LogP contribution in [0.5, 0.6) is 0 Å². The molecule has 0 heterocycles. The molecule has 0 fully saturated rings. The van der Waals surface area contributed by atoms with Gasteiger partial charge in [0.2, 0.25) is 0 Å². The van der Waals surface area contributed by atoms with Gasteiger partial charge in [0.1, 0.15) is 0 Å². The van der Waals surface area contributed by atoms with E-state index in [9.17, 15) is 0 Å². The van der Waals surface area contributed by atoms with Crippen LogP contribution in [0.15, 0.2) is 60.7 Å². The van der Waals surface area contributed by atoms with Crippen molar-refractivity contribution in [1.82, 2.24) is 4.90 Å². The summed E-state index contributed by atoms with van der Waals surface area (Å²) in [6.07, 6.45) is 2.26. The fourth-order valence-corrected chi connectivity index (χ4v) is 2.58. The number of hydrogen-bond acceptors (Lipinski definition) is 1. The second-order valence-corrected chi connectivity index (χ2v) is 5.05. The molecular formula is C18H23N. The zero-order valence-electron chi connectivity index (χ0n) is 11.9. The van der Waals surface area contributed by atoms with Gasteiger partial charge >= 0.3 is 0 Å². The molecule has 0 aliphatic heterocycles. The Morgan fingerprint density at radius 1 is 0.895 bits per heavy atom. The average molecular weight is 253 g/mol. The van der Waals surface area contributed by atoms with E-state index < -0.39 is 0 Å². The molecule has 2 aromatic carbocycles. The van der Waals surface area contributed by atoms with Gasteiger partial charge in [-0.05, 0) is 31.0 Å². The zero-order valence-corrected chi connectivity index (χ0v) is 11.9. The number of likely N-dealkylation sites (N-methyl/N-ethyl adjacent to an activating group) is 1. The first-order valence-electron chi connectivity index (χ1n) is 7.10. The quantitative estimate of drug-likeness (QED) is 0.741. The van der Waals surface area contributed by atoms with Crippen molar-refractivity contribution in [3.05, 3.63) is 71.8 Å². The molecule has 0 aromatic heterocycles. The third-order valence-electron chi connectivity index (χ3n) is 3.70. The molecule has 0 amide bonds. The molecule has 0 bridgehead atoms. The molecule has 0 spiro atoms. The molecular weight excluding hydrogens is 230 g/mol. The number of nitrogens with zero attached hydrogens (tertiary/aromatic N) is 1. The van der Waals surface area contributed by atoms with E-state index in [0.717, 1.165) is 19.4 Å². The first-order valence-corrected chi connectivity index (χ1v) is 7.10. The first-order chi connectivity index (χ1) is 9.31. The van der Waals surface area contributed by atoms with Crippen LogP contribution in [0.4, 0.5) is 0 Å². The highest BCUT2D eigenvalue weighted by Crippen LogP contribution is 2.22. The SMILES string of the molecule is CCC(c1ccccc1)N(C)CCc1ccccc1. The fraction of sp³-hybridized carbons (Fsp3) is 0.333. The average Bonchev–Trinajstić information content (AvgIpc) is 2.48. The monoisotopic (exact) mass is 253 g/mol. The van der Waals surface area contributed by atoms with Gasteiger partial charge in [-0.1, -0.05) is 67.6 Å².